The molecule has 1 aliphatic rings. The summed E-state index contributed by atoms with van der Waals surface area (Å²) in [6.45, 7) is 0. The molecule has 0 heterocycles. The number of fused-ring (bicyclic) bond motifs is 3. The molecular weight excluding hydrogens is 408 g/mol. The zero-order valence-electron chi connectivity index (χ0n) is 17.5. The van der Waals surface area contributed by atoms with E-state index in [0.717, 1.165) is 10.6 Å². The van der Waals surface area contributed by atoms with Crippen molar-refractivity contribution in [2.75, 3.05) is 0 Å². The van der Waals surface area contributed by atoms with Crippen molar-refractivity contribution in [3.05, 3.63) is 155 Å². The van der Waals surface area contributed by atoms with Crippen LogP contribution in [0.2, 0.25) is 5.02 Å². The summed E-state index contributed by atoms with van der Waals surface area (Å²) in [7, 11) is 0. The largest absolute Gasteiger partial charge is 0.0837 e. The maximum atomic E-state index is 6.90. The highest BCUT2D eigenvalue weighted by molar-refractivity contribution is 6.34. The predicted octanol–water partition coefficient (Wildman–Crippen LogP) is 8.37. The Morgan fingerprint density at radius 3 is 1.69 bits per heavy atom. The molecule has 0 bridgehead atoms. The second-order valence-corrected chi connectivity index (χ2v) is 8.68. The van der Waals surface area contributed by atoms with Crippen LogP contribution in [-0.4, -0.2) is 0 Å². The first kappa shape index (κ1) is 19.1. The normalized spacial score (nSPS) is 13.4. The van der Waals surface area contributed by atoms with Crippen molar-refractivity contribution in [2.24, 2.45) is 0 Å². The number of benzene rings is 5. The summed E-state index contributed by atoms with van der Waals surface area (Å²) in [5.41, 5.74) is 9.36. The standard InChI is InChI=1S/C31H21Cl/c32-29-18-10-17-28-30(29)26-21-23(22-11-4-1-5-12-22)19-20-27(26)31(28,24-13-6-2-7-14-24)25-15-8-3-9-16-25/h1-21H. The van der Waals surface area contributed by atoms with E-state index in [4.69, 9.17) is 11.6 Å². The molecule has 5 aromatic rings. The summed E-state index contributed by atoms with van der Waals surface area (Å²) in [6.07, 6.45) is 0. The van der Waals surface area contributed by atoms with E-state index in [1.54, 1.807) is 0 Å². The van der Waals surface area contributed by atoms with Crippen molar-refractivity contribution in [1.29, 1.82) is 0 Å². The molecule has 0 aliphatic heterocycles. The van der Waals surface area contributed by atoms with Crippen LogP contribution >= 0.6 is 11.6 Å². The van der Waals surface area contributed by atoms with Gasteiger partial charge in [0.05, 0.1) is 5.41 Å². The van der Waals surface area contributed by atoms with Crippen LogP contribution in [0.1, 0.15) is 22.3 Å². The van der Waals surface area contributed by atoms with E-state index < -0.39 is 5.41 Å². The van der Waals surface area contributed by atoms with E-state index in [1.807, 2.05) is 6.07 Å². The highest BCUT2D eigenvalue weighted by Gasteiger charge is 2.46. The molecule has 152 valence electrons. The zero-order valence-corrected chi connectivity index (χ0v) is 18.3. The minimum absolute atomic E-state index is 0.409. The summed E-state index contributed by atoms with van der Waals surface area (Å²) >= 11 is 6.90. The van der Waals surface area contributed by atoms with Gasteiger partial charge in [0.1, 0.15) is 0 Å². The lowest BCUT2D eigenvalue weighted by atomic mass is 9.67. The molecule has 0 nitrogen and oxygen atoms in total. The zero-order chi connectivity index (χ0) is 21.5. The van der Waals surface area contributed by atoms with E-state index in [9.17, 15) is 0 Å². The fraction of sp³-hybridized carbons (Fsp3) is 0.0323. The van der Waals surface area contributed by atoms with E-state index in [0.29, 0.717) is 0 Å². The number of hydrogen-bond acceptors (Lipinski definition) is 0. The minimum atomic E-state index is -0.409. The van der Waals surface area contributed by atoms with Crippen LogP contribution in [0.15, 0.2) is 127 Å². The Kier molecular flexibility index (Phi) is 4.48. The van der Waals surface area contributed by atoms with Crippen LogP contribution in [-0.2, 0) is 5.41 Å². The molecule has 0 atom stereocenters. The molecule has 0 aromatic heterocycles. The average Bonchev–Trinajstić information content (AvgIpc) is 3.17. The van der Waals surface area contributed by atoms with Crippen molar-refractivity contribution in [3.63, 3.8) is 0 Å². The van der Waals surface area contributed by atoms with Crippen LogP contribution in [0, 0.1) is 0 Å². The van der Waals surface area contributed by atoms with Crippen LogP contribution < -0.4 is 0 Å². The molecule has 0 fully saturated rings. The summed E-state index contributed by atoms with van der Waals surface area (Å²) in [4.78, 5) is 0. The monoisotopic (exact) mass is 428 g/mol. The van der Waals surface area contributed by atoms with Crippen molar-refractivity contribution in [2.45, 2.75) is 5.41 Å². The highest BCUT2D eigenvalue weighted by atomic mass is 35.5. The summed E-state index contributed by atoms with van der Waals surface area (Å²) < 4.78 is 0. The quantitative estimate of drug-likeness (QED) is 0.265. The third-order valence-electron chi connectivity index (χ3n) is 6.63. The Morgan fingerprint density at radius 1 is 0.469 bits per heavy atom. The molecule has 0 spiro atoms. The molecular formula is C31H21Cl. The van der Waals surface area contributed by atoms with Crippen LogP contribution in [0.25, 0.3) is 22.3 Å². The Bertz CT molecular complexity index is 1360. The Balaban J connectivity index is 1.74. The number of rotatable bonds is 3. The number of halogens is 1. The molecule has 1 aliphatic carbocycles. The Hall–Kier alpha value is -3.61. The third-order valence-corrected chi connectivity index (χ3v) is 6.95. The lowest BCUT2D eigenvalue weighted by molar-refractivity contribution is 0.768. The smallest absolute Gasteiger partial charge is 0.0714 e. The Morgan fingerprint density at radius 2 is 1.06 bits per heavy atom. The van der Waals surface area contributed by atoms with Crippen LogP contribution in [0.3, 0.4) is 0 Å². The van der Waals surface area contributed by atoms with Gasteiger partial charge in [0.25, 0.3) is 0 Å². The first-order valence-corrected chi connectivity index (χ1v) is 11.3. The molecule has 32 heavy (non-hydrogen) atoms. The lowest BCUT2D eigenvalue weighted by Gasteiger charge is -2.34. The van der Waals surface area contributed by atoms with Crippen molar-refractivity contribution < 1.29 is 0 Å². The molecule has 0 radical (unpaired) electrons. The molecule has 5 aromatic carbocycles. The van der Waals surface area contributed by atoms with Crippen LogP contribution in [0.5, 0.6) is 0 Å². The second-order valence-electron chi connectivity index (χ2n) is 8.27. The number of hydrogen-bond donors (Lipinski definition) is 0. The molecule has 0 saturated heterocycles. The van der Waals surface area contributed by atoms with E-state index in [1.165, 1.54) is 38.9 Å². The molecule has 6 rings (SSSR count). The van der Waals surface area contributed by atoms with E-state index in [2.05, 4.69) is 121 Å². The van der Waals surface area contributed by atoms with Crippen LogP contribution in [0.4, 0.5) is 0 Å². The predicted molar refractivity (Wildman–Crippen MR) is 134 cm³/mol. The van der Waals surface area contributed by atoms with Gasteiger partial charge in [-0.25, -0.2) is 0 Å². The topological polar surface area (TPSA) is 0 Å². The van der Waals surface area contributed by atoms with Gasteiger partial charge >= 0.3 is 0 Å². The van der Waals surface area contributed by atoms with E-state index >= 15 is 0 Å². The molecule has 0 saturated carbocycles. The first-order valence-electron chi connectivity index (χ1n) is 10.9. The third kappa shape index (κ3) is 2.70. The van der Waals surface area contributed by atoms with Crippen molar-refractivity contribution >= 4 is 11.6 Å². The summed E-state index contributed by atoms with van der Waals surface area (Å²) in [6, 6.07) is 45.3. The molecule has 0 N–H and O–H groups in total. The van der Waals surface area contributed by atoms with Gasteiger partial charge < -0.3 is 0 Å². The Labute approximate surface area is 193 Å². The maximum Gasteiger partial charge on any atom is 0.0714 e. The lowest BCUT2D eigenvalue weighted by Crippen LogP contribution is -2.28. The molecule has 0 unspecified atom stereocenters. The SMILES string of the molecule is Clc1cccc2c1-c1cc(-c3ccccc3)ccc1C2(c1ccccc1)c1ccccc1. The molecule has 0 amide bonds. The van der Waals surface area contributed by atoms with Gasteiger partial charge in [-0.2, -0.15) is 0 Å². The van der Waals surface area contributed by atoms with Gasteiger partial charge in [-0.05, 0) is 51.1 Å². The van der Waals surface area contributed by atoms with Gasteiger partial charge in [-0.1, -0.05) is 127 Å². The maximum absolute atomic E-state index is 6.90. The van der Waals surface area contributed by atoms with Gasteiger partial charge in [-0.15, -0.1) is 0 Å². The van der Waals surface area contributed by atoms with Gasteiger partial charge in [0.2, 0.25) is 0 Å². The fourth-order valence-corrected chi connectivity index (χ4v) is 5.59. The van der Waals surface area contributed by atoms with Crippen molar-refractivity contribution in [3.8, 4) is 22.3 Å². The van der Waals surface area contributed by atoms with Gasteiger partial charge in [0, 0.05) is 10.6 Å². The summed E-state index contributed by atoms with van der Waals surface area (Å²) in [5.74, 6) is 0. The van der Waals surface area contributed by atoms with Gasteiger partial charge in [0.15, 0.2) is 0 Å². The summed E-state index contributed by atoms with van der Waals surface area (Å²) in [5, 5.41) is 0.794. The molecule has 1 heteroatoms. The highest BCUT2D eigenvalue weighted by Crippen LogP contribution is 2.58. The van der Waals surface area contributed by atoms with Crippen molar-refractivity contribution in [1.82, 2.24) is 0 Å². The van der Waals surface area contributed by atoms with E-state index in [-0.39, 0.29) is 0 Å². The second kappa shape index (κ2) is 7.51. The average molecular weight is 429 g/mol. The van der Waals surface area contributed by atoms with Gasteiger partial charge in [-0.3, -0.25) is 0 Å². The fourth-order valence-electron chi connectivity index (χ4n) is 5.31. The first-order chi connectivity index (χ1) is 15.8. The minimum Gasteiger partial charge on any atom is -0.0837 e.